The van der Waals surface area contributed by atoms with E-state index in [4.69, 9.17) is 27.6 Å². The van der Waals surface area contributed by atoms with Crippen molar-refractivity contribution in [1.82, 2.24) is 14.2 Å². The second kappa shape index (κ2) is 8.64. The zero-order valence-corrected chi connectivity index (χ0v) is 18.1. The van der Waals surface area contributed by atoms with Crippen molar-refractivity contribution in [3.8, 4) is 11.3 Å². The van der Waals surface area contributed by atoms with Gasteiger partial charge in [-0.3, -0.25) is 4.90 Å². The molecule has 0 saturated carbocycles. The van der Waals surface area contributed by atoms with E-state index in [1.165, 1.54) is 34.6 Å². The fraction of sp³-hybridized carbons (Fsp3) is 0.250. The van der Waals surface area contributed by atoms with Gasteiger partial charge in [0.1, 0.15) is 5.82 Å². The van der Waals surface area contributed by atoms with Crippen LogP contribution < -0.4 is 0 Å². The van der Waals surface area contributed by atoms with E-state index in [-0.39, 0.29) is 15.7 Å². The number of oxazole rings is 1. The molecule has 1 aliphatic heterocycles. The van der Waals surface area contributed by atoms with Gasteiger partial charge in [-0.1, -0.05) is 23.2 Å². The van der Waals surface area contributed by atoms with E-state index in [0.29, 0.717) is 49.4 Å². The van der Waals surface area contributed by atoms with Crippen LogP contribution in [0.25, 0.3) is 11.3 Å². The molecule has 0 aliphatic carbocycles. The molecule has 2 aromatic carbocycles. The van der Waals surface area contributed by atoms with Gasteiger partial charge in [0.2, 0.25) is 15.9 Å². The number of benzene rings is 2. The third-order valence-corrected chi connectivity index (χ3v) is 7.53. The zero-order valence-electron chi connectivity index (χ0n) is 15.8. The van der Waals surface area contributed by atoms with Crippen LogP contribution in [0.15, 0.2) is 58.0 Å². The third kappa shape index (κ3) is 4.53. The average molecular weight is 470 g/mol. The number of aromatic nitrogens is 1. The fourth-order valence-corrected chi connectivity index (χ4v) is 5.05. The molecule has 0 N–H and O–H groups in total. The van der Waals surface area contributed by atoms with Crippen LogP contribution in [0.1, 0.15) is 5.89 Å². The van der Waals surface area contributed by atoms with Crippen LogP contribution in [-0.4, -0.2) is 48.8 Å². The first-order valence-corrected chi connectivity index (χ1v) is 11.4. The molecule has 0 bridgehead atoms. The Kier molecular flexibility index (Phi) is 6.13. The molecular weight excluding hydrogens is 452 g/mol. The second-order valence-corrected chi connectivity index (χ2v) is 9.63. The van der Waals surface area contributed by atoms with Crippen molar-refractivity contribution in [2.24, 2.45) is 0 Å². The Bertz CT molecular complexity index is 1140. The number of piperazine rings is 1. The highest BCUT2D eigenvalue weighted by Gasteiger charge is 2.29. The van der Waals surface area contributed by atoms with Crippen molar-refractivity contribution in [2.75, 3.05) is 26.2 Å². The number of sulfonamides is 1. The van der Waals surface area contributed by atoms with E-state index < -0.39 is 10.0 Å². The van der Waals surface area contributed by atoms with Crippen LogP contribution in [0.5, 0.6) is 0 Å². The van der Waals surface area contributed by atoms with Crippen molar-refractivity contribution in [3.05, 3.63) is 70.4 Å². The summed E-state index contributed by atoms with van der Waals surface area (Å²) in [6.07, 6.45) is 1.60. The average Bonchev–Trinajstić information content (AvgIpc) is 3.19. The SMILES string of the molecule is O=S(=O)(c1ccc(Cl)c(Cl)c1)N1CCN(Cc2ncc(-c3ccc(F)cc3)o2)CC1. The van der Waals surface area contributed by atoms with Crippen molar-refractivity contribution >= 4 is 33.2 Å². The molecule has 1 aromatic heterocycles. The predicted octanol–water partition coefficient (Wildman–Crippen LogP) is 4.29. The topological polar surface area (TPSA) is 66.7 Å². The van der Waals surface area contributed by atoms with E-state index in [2.05, 4.69) is 9.88 Å². The molecule has 30 heavy (non-hydrogen) atoms. The van der Waals surface area contributed by atoms with Gasteiger partial charge in [0.25, 0.3) is 0 Å². The first-order chi connectivity index (χ1) is 14.3. The molecule has 1 aliphatic rings. The highest BCUT2D eigenvalue weighted by molar-refractivity contribution is 7.89. The highest BCUT2D eigenvalue weighted by Crippen LogP contribution is 2.27. The summed E-state index contributed by atoms with van der Waals surface area (Å²) in [6, 6.07) is 10.3. The maximum Gasteiger partial charge on any atom is 0.243 e. The maximum atomic E-state index is 13.1. The lowest BCUT2D eigenvalue weighted by Gasteiger charge is -2.33. The van der Waals surface area contributed by atoms with Gasteiger partial charge < -0.3 is 4.42 Å². The van der Waals surface area contributed by atoms with Gasteiger partial charge in [0.15, 0.2) is 5.76 Å². The molecule has 6 nitrogen and oxygen atoms in total. The van der Waals surface area contributed by atoms with Crippen LogP contribution in [0, 0.1) is 5.82 Å². The largest absolute Gasteiger partial charge is 0.439 e. The summed E-state index contributed by atoms with van der Waals surface area (Å²) in [5, 5.41) is 0.517. The maximum absolute atomic E-state index is 13.1. The summed E-state index contributed by atoms with van der Waals surface area (Å²) in [6.45, 7) is 2.22. The molecule has 0 unspecified atom stereocenters. The van der Waals surface area contributed by atoms with Gasteiger partial charge in [-0.05, 0) is 42.5 Å². The molecular formula is C20H18Cl2FN3O3S. The molecule has 0 amide bonds. The van der Waals surface area contributed by atoms with E-state index in [9.17, 15) is 12.8 Å². The number of rotatable bonds is 5. The Hall–Kier alpha value is -1.97. The molecule has 0 radical (unpaired) electrons. The summed E-state index contributed by atoms with van der Waals surface area (Å²) >= 11 is 11.8. The zero-order chi connectivity index (χ0) is 21.3. The lowest BCUT2D eigenvalue weighted by Crippen LogP contribution is -2.48. The van der Waals surface area contributed by atoms with E-state index in [1.807, 2.05) is 0 Å². The molecule has 0 spiro atoms. The molecule has 4 rings (SSSR count). The minimum atomic E-state index is -3.64. The summed E-state index contributed by atoms with van der Waals surface area (Å²) in [5.41, 5.74) is 0.743. The Labute approximate surface area is 183 Å². The minimum absolute atomic E-state index is 0.127. The van der Waals surface area contributed by atoms with Gasteiger partial charge >= 0.3 is 0 Å². The standard InChI is InChI=1S/C20H18Cl2FN3O3S/c21-17-6-5-16(11-18(17)22)30(27,28)26-9-7-25(8-10-26)13-20-24-12-19(29-20)14-1-3-15(23)4-2-14/h1-6,11-12H,7-10,13H2. The Morgan fingerprint density at radius 2 is 1.70 bits per heavy atom. The lowest BCUT2D eigenvalue weighted by molar-refractivity contribution is 0.168. The third-order valence-electron chi connectivity index (χ3n) is 4.90. The van der Waals surface area contributed by atoms with Crippen molar-refractivity contribution < 1.29 is 17.2 Å². The van der Waals surface area contributed by atoms with Crippen molar-refractivity contribution in [2.45, 2.75) is 11.4 Å². The molecule has 3 aromatic rings. The van der Waals surface area contributed by atoms with Crippen molar-refractivity contribution in [3.63, 3.8) is 0 Å². The monoisotopic (exact) mass is 469 g/mol. The molecule has 1 fully saturated rings. The van der Waals surface area contributed by atoms with E-state index in [1.54, 1.807) is 18.3 Å². The van der Waals surface area contributed by atoms with Crippen LogP contribution in [0.4, 0.5) is 4.39 Å². The fourth-order valence-electron chi connectivity index (χ4n) is 3.24. The first-order valence-electron chi connectivity index (χ1n) is 9.21. The van der Waals surface area contributed by atoms with Crippen LogP contribution >= 0.6 is 23.2 Å². The van der Waals surface area contributed by atoms with Crippen LogP contribution in [0.3, 0.4) is 0 Å². The van der Waals surface area contributed by atoms with Crippen molar-refractivity contribution in [1.29, 1.82) is 0 Å². The first kappa shape index (κ1) is 21.3. The predicted molar refractivity (Wildman–Crippen MR) is 112 cm³/mol. The van der Waals surface area contributed by atoms with Gasteiger partial charge in [-0.25, -0.2) is 17.8 Å². The second-order valence-electron chi connectivity index (χ2n) is 6.88. The van der Waals surface area contributed by atoms with Gasteiger partial charge in [-0.15, -0.1) is 0 Å². The summed E-state index contributed by atoms with van der Waals surface area (Å²) < 4.78 is 46.0. The lowest BCUT2D eigenvalue weighted by atomic mass is 10.2. The molecule has 0 atom stereocenters. The van der Waals surface area contributed by atoms with Crippen LogP contribution in [0.2, 0.25) is 10.0 Å². The highest BCUT2D eigenvalue weighted by atomic mass is 35.5. The quantitative estimate of drug-likeness (QED) is 0.557. The van der Waals surface area contributed by atoms with E-state index >= 15 is 0 Å². The summed E-state index contributed by atoms with van der Waals surface area (Å²) in [4.78, 5) is 6.48. The Morgan fingerprint density at radius 3 is 2.37 bits per heavy atom. The summed E-state index contributed by atoms with van der Waals surface area (Å²) in [7, 11) is -3.64. The molecule has 158 valence electrons. The van der Waals surface area contributed by atoms with Gasteiger partial charge in [-0.2, -0.15) is 4.31 Å². The molecule has 10 heteroatoms. The molecule has 2 heterocycles. The Balaban J connectivity index is 1.38. The van der Waals surface area contributed by atoms with Gasteiger partial charge in [0, 0.05) is 31.7 Å². The summed E-state index contributed by atoms with van der Waals surface area (Å²) in [5.74, 6) is 0.771. The normalized spacial score (nSPS) is 16.1. The Morgan fingerprint density at radius 1 is 1.00 bits per heavy atom. The number of hydrogen-bond acceptors (Lipinski definition) is 5. The number of hydrogen-bond donors (Lipinski definition) is 0. The smallest absolute Gasteiger partial charge is 0.243 e. The number of nitrogens with zero attached hydrogens (tertiary/aromatic N) is 3. The molecule has 1 saturated heterocycles. The van der Waals surface area contributed by atoms with Gasteiger partial charge in [0.05, 0.1) is 27.7 Å². The van der Waals surface area contributed by atoms with E-state index in [0.717, 1.165) is 5.56 Å². The minimum Gasteiger partial charge on any atom is -0.439 e. The van der Waals surface area contributed by atoms with Crippen LogP contribution in [-0.2, 0) is 16.6 Å². The number of halogens is 3.